The van der Waals surface area contributed by atoms with Gasteiger partial charge in [0.05, 0.1) is 10.8 Å². The van der Waals surface area contributed by atoms with Gasteiger partial charge in [-0.15, -0.1) is 11.3 Å². The number of carboxylic acid groups (broad SMARTS) is 1. The molecule has 0 unspecified atom stereocenters. The summed E-state index contributed by atoms with van der Waals surface area (Å²) < 4.78 is 0. The Labute approximate surface area is 123 Å². The van der Waals surface area contributed by atoms with Crippen LogP contribution in [0.15, 0.2) is 6.07 Å². The molecule has 0 atom stereocenters. The van der Waals surface area contributed by atoms with E-state index < -0.39 is 5.97 Å². The molecule has 1 aliphatic rings. The number of nitrogens with one attached hydrogen (secondary N) is 1. The minimum Gasteiger partial charge on any atom is -0.481 e. The van der Waals surface area contributed by atoms with Crippen molar-refractivity contribution in [1.29, 1.82) is 0 Å². The van der Waals surface area contributed by atoms with Gasteiger partial charge >= 0.3 is 5.97 Å². The lowest BCUT2D eigenvalue weighted by Crippen LogP contribution is -2.38. The first kappa shape index (κ1) is 15.0. The molecule has 0 saturated heterocycles. The van der Waals surface area contributed by atoms with Gasteiger partial charge < -0.3 is 10.4 Å². The summed E-state index contributed by atoms with van der Waals surface area (Å²) >= 11 is 1.56. The Morgan fingerprint density at radius 3 is 2.50 bits per heavy atom. The van der Waals surface area contributed by atoms with Gasteiger partial charge in [0.2, 0.25) is 0 Å². The van der Waals surface area contributed by atoms with E-state index in [0.717, 1.165) is 24.1 Å². The molecule has 0 aliphatic heterocycles. The quantitative estimate of drug-likeness (QED) is 0.897. The van der Waals surface area contributed by atoms with Crippen molar-refractivity contribution < 1.29 is 14.7 Å². The maximum atomic E-state index is 12.2. The smallest absolute Gasteiger partial charge is 0.306 e. The Hall–Kier alpha value is -1.36. The van der Waals surface area contributed by atoms with Gasteiger partial charge in [-0.2, -0.15) is 0 Å². The third-order valence-corrected chi connectivity index (χ3v) is 5.36. The molecule has 0 spiro atoms. The van der Waals surface area contributed by atoms with Crippen molar-refractivity contribution in [3.05, 3.63) is 21.4 Å². The summed E-state index contributed by atoms with van der Waals surface area (Å²) in [6.45, 7) is 4.12. The molecule has 0 aromatic carbocycles. The van der Waals surface area contributed by atoms with Crippen LogP contribution in [0.3, 0.4) is 0 Å². The number of amides is 1. The van der Waals surface area contributed by atoms with Gasteiger partial charge in [-0.05, 0) is 50.7 Å². The zero-order valence-corrected chi connectivity index (χ0v) is 12.8. The van der Waals surface area contributed by atoms with E-state index in [1.54, 1.807) is 11.3 Å². The molecule has 1 aromatic rings. The van der Waals surface area contributed by atoms with Crippen LogP contribution in [0.2, 0.25) is 0 Å². The van der Waals surface area contributed by atoms with E-state index in [1.165, 1.54) is 10.4 Å². The van der Waals surface area contributed by atoms with Crippen LogP contribution in [0.4, 0.5) is 0 Å². The van der Waals surface area contributed by atoms with Gasteiger partial charge in [-0.25, -0.2) is 0 Å². The molecule has 1 heterocycles. The summed E-state index contributed by atoms with van der Waals surface area (Å²) in [5.74, 6) is -0.966. The Bertz CT molecular complexity index is 501. The van der Waals surface area contributed by atoms with Crippen molar-refractivity contribution in [3.63, 3.8) is 0 Å². The van der Waals surface area contributed by atoms with Crippen molar-refractivity contribution in [3.8, 4) is 0 Å². The third-order valence-electron chi connectivity index (χ3n) is 3.98. The van der Waals surface area contributed by atoms with E-state index in [4.69, 9.17) is 5.11 Å². The molecule has 4 nitrogen and oxygen atoms in total. The summed E-state index contributed by atoms with van der Waals surface area (Å²) in [7, 11) is 0. The molecule has 2 rings (SSSR count). The number of thiophene rings is 1. The third kappa shape index (κ3) is 3.39. The number of hydrogen-bond acceptors (Lipinski definition) is 3. The summed E-state index contributed by atoms with van der Waals surface area (Å²) in [6, 6.07) is 2.06. The maximum absolute atomic E-state index is 12.2. The highest BCUT2D eigenvalue weighted by Gasteiger charge is 2.27. The fourth-order valence-electron chi connectivity index (χ4n) is 2.72. The number of carbonyl (C=O) groups is 2. The predicted octanol–water partition coefficient (Wildman–Crippen LogP) is 2.99. The summed E-state index contributed by atoms with van der Waals surface area (Å²) in [6.07, 6.45) is 3.78. The van der Waals surface area contributed by atoms with Crippen molar-refractivity contribution in [1.82, 2.24) is 5.32 Å². The van der Waals surface area contributed by atoms with Crippen LogP contribution in [-0.4, -0.2) is 23.0 Å². The zero-order valence-electron chi connectivity index (χ0n) is 11.9. The zero-order chi connectivity index (χ0) is 14.7. The van der Waals surface area contributed by atoms with Gasteiger partial charge in [-0.3, -0.25) is 9.59 Å². The SMILES string of the molecule is CCc1sc(C(=O)NC2CCC(C(=O)O)CC2)cc1C. The summed E-state index contributed by atoms with van der Waals surface area (Å²) in [5, 5.41) is 12.0. The van der Waals surface area contributed by atoms with E-state index in [-0.39, 0.29) is 17.9 Å². The second-order valence-corrected chi connectivity index (χ2v) is 6.57. The van der Waals surface area contributed by atoms with Crippen molar-refractivity contribution >= 4 is 23.2 Å². The molecular formula is C15H21NO3S. The van der Waals surface area contributed by atoms with Crippen LogP contribution in [0, 0.1) is 12.8 Å². The van der Waals surface area contributed by atoms with Crippen LogP contribution in [0.5, 0.6) is 0 Å². The van der Waals surface area contributed by atoms with E-state index in [0.29, 0.717) is 12.8 Å². The molecule has 2 N–H and O–H groups in total. The molecule has 0 radical (unpaired) electrons. The van der Waals surface area contributed by atoms with Crippen LogP contribution >= 0.6 is 11.3 Å². The Morgan fingerprint density at radius 2 is 2.00 bits per heavy atom. The second kappa shape index (κ2) is 6.39. The van der Waals surface area contributed by atoms with Gasteiger partial charge in [0.15, 0.2) is 0 Å². The highest BCUT2D eigenvalue weighted by Crippen LogP contribution is 2.26. The van der Waals surface area contributed by atoms with E-state index >= 15 is 0 Å². The topological polar surface area (TPSA) is 66.4 Å². The summed E-state index contributed by atoms with van der Waals surface area (Å²) in [5.41, 5.74) is 1.18. The standard InChI is InChI=1S/C15H21NO3S/c1-3-12-9(2)8-13(20-12)14(17)16-11-6-4-10(5-7-11)15(18)19/h8,10-11H,3-7H2,1-2H3,(H,16,17)(H,18,19). The predicted molar refractivity (Wildman–Crippen MR) is 79.3 cm³/mol. The largest absolute Gasteiger partial charge is 0.481 e. The molecular weight excluding hydrogens is 274 g/mol. The van der Waals surface area contributed by atoms with Gasteiger partial charge in [0, 0.05) is 10.9 Å². The van der Waals surface area contributed by atoms with E-state index in [1.807, 2.05) is 13.0 Å². The fraction of sp³-hybridized carbons (Fsp3) is 0.600. The highest BCUT2D eigenvalue weighted by molar-refractivity contribution is 7.14. The molecule has 1 amide bonds. The number of carbonyl (C=O) groups excluding carboxylic acids is 1. The van der Waals surface area contributed by atoms with Gasteiger partial charge in [0.1, 0.15) is 0 Å². The Balaban J connectivity index is 1.90. The fourth-order valence-corrected chi connectivity index (χ4v) is 3.74. The van der Waals surface area contributed by atoms with E-state index in [2.05, 4.69) is 12.2 Å². The summed E-state index contributed by atoms with van der Waals surface area (Å²) in [4.78, 5) is 25.1. The average molecular weight is 295 g/mol. The van der Waals surface area contributed by atoms with Crippen molar-refractivity contribution in [2.75, 3.05) is 0 Å². The molecule has 110 valence electrons. The first-order chi connectivity index (χ1) is 9.51. The lowest BCUT2D eigenvalue weighted by atomic mass is 9.86. The first-order valence-corrected chi connectivity index (χ1v) is 7.95. The lowest BCUT2D eigenvalue weighted by molar-refractivity contribution is -0.142. The molecule has 1 fully saturated rings. The Morgan fingerprint density at radius 1 is 1.35 bits per heavy atom. The molecule has 1 aliphatic carbocycles. The maximum Gasteiger partial charge on any atom is 0.306 e. The van der Waals surface area contributed by atoms with Crippen LogP contribution < -0.4 is 5.32 Å². The number of carboxylic acids is 1. The normalized spacial score (nSPS) is 22.5. The Kier molecular flexibility index (Phi) is 4.81. The molecule has 5 heteroatoms. The highest BCUT2D eigenvalue weighted by atomic mass is 32.1. The lowest BCUT2D eigenvalue weighted by Gasteiger charge is -2.26. The molecule has 1 saturated carbocycles. The van der Waals surface area contributed by atoms with Crippen LogP contribution in [0.1, 0.15) is 52.7 Å². The van der Waals surface area contributed by atoms with Crippen molar-refractivity contribution in [2.45, 2.75) is 52.0 Å². The molecule has 0 bridgehead atoms. The van der Waals surface area contributed by atoms with Crippen LogP contribution in [0.25, 0.3) is 0 Å². The number of rotatable bonds is 4. The second-order valence-electron chi connectivity index (χ2n) is 5.43. The average Bonchev–Trinajstić information content (AvgIpc) is 2.80. The van der Waals surface area contributed by atoms with Gasteiger partial charge in [-0.1, -0.05) is 6.92 Å². The van der Waals surface area contributed by atoms with Crippen molar-refractivity contribution in [2.24, 2.45) is 5.92 Å². The molecule has 20 heavy (non-hydrogen) atoms. The number of aryl methyl sites for hydroxylation is 2. The number of hydrogen-bond donors (Lipinski definition) is 2. The monoisotopic (exact) mass is 295 g/mol. The van der Waals surface area contributed by atoms with Crippen LogP contribution in [-0.2, 0) is 11.2 Å². The minimum atomic E-state index is -0.712. The first-order valence-electron chi connectivity index (χ1n) is 7.14. The van der Waals surface area contributed by atoms with Gasteiger partial charge in [0.25, 0.3) is 5.91 Å². The molecule has 1 aromatic heterocycles. The van der Waals surface area contributed by atoms with E-state index in [9.17, 15) is 9.59 Å². The minimum absolute atomic E-state index is 0.0171. The number of aliphatic carboxylic acids is 1.